The van der Waals surface area contributed by atoms with Crippen LogP contribution in [0.4, 0.5) is 0 Å². The van der Waals surface area contributed by atoms with E-state index < -0.39 is 21.5 Å². The Hall–Kier alpha value is -1.97. The molecule has 1 aromatic carbocycles. The number of hydrogen-bond acceptors (Lipinski definition) is 5. The first kappa shape index (κ1) is 20.3. The average molecular weight is 384 g/mol. The van der Waals surface area contributed by atoms with E-state index in [2.05, 4.69) is 10.0 Å². The number of carboxylic acid groups (broad SMARTS) is 1. The molecule has 0 radical (unpaired) electrons. The van der Waals surface area contributed by atoms with Crippen molar-refractivity contribution in [3.05, 3.63) is 29.8 Å². The van der Waals surface area contributed by atoms with Crippen molar-refractivity contribution >= 4 is 21.9 Å². The standard InChI is InChI=1S/C17H24N2O6S/c1-2-18-26(23,24)14-5-3-13(4-6-14)11-15(20)19-17(12-16(21)22)7-9-25-10-8-17/h3-6,18H,2,7-12H2,1H3,(H,19,20)(H,21,22). The molecule has 1 fully saturated rings. The summed E-state index contributed by atoms with van der Waals surface area (Å²) in [4.78, 5) is 23.7. The minimum Gasteiger partial charge on any atom is -0.481 e. The molecule has 0 unspecified atom stereocenters. The molecule has 1 aliphatic heterocycles. The normalized spacial score (nSPS) is 16.8. The number of aliphatic carboxylic acids is 1. The van der Waals surface area contributed by atoms with Gasteiger partial charge in [0.05, 0.1) is 23.3 Å². The van der Waals surface area contributed by atoms with Crippen molar-refractivity contribution in [1.82, 2.24) is 10.0 Å². The van der Waals surface area contributed by atoms with E-state index in [9.17, 15) is 18.0 Å². The van der Waals surface area contributed by atoms with E-state index in [1.165, 1.54) is 12.1 Å². The molecule has 1 heterocycles. The topological polar surface area (TPSA) is 122 Å². The summed E-state index contributed by atoms with van der Waals surface area (Å²) in [6.45, 7) is 2.80. The van der Waals surface area contributed by atoms with E-state index in [0.717, 1.165) is 0 Å². The van der Waals surface area contributed by atoms with Gasteiger partial charge >= 0.3 is 5.97 Å². The number of carboxylic acids is 1. The second-order valence-electron chi connectivity index (χ2n) is 6.33. The molecule has 1 saturated heterocycles. The number of ether oxygens (including phenoxy) is 1. The lowest BCUT2D eigenvalue weighted by atomic mass is 9.86. The Morgan fingerprint density at radius 3 is 2.35 bits per heavy atom. The summed E-state index contributed by atoms with van der Waals surface area (Å²) >= 11 is 0. The molecule has 0 aliphatic carbocycles. The zero-order chi connectivity index (χ0) is 19.2. The Labute approximate surface area is 153 Å². The predicted octanol–water partition coefficient (Wildman–Crippen LogP) is 0.667. The van der Waals surface area contributed by atoms with Gasteiger partial charge in [0, 0.05) is 19.8 Å². The molecular weight excluding hydrogens is 360 g/mol. The number of rotatable bonds is 8. The van der Waals surface area contributed by atoms with Crippen LogP contribution < -0.4 is 10.0 Å². The molecule has 26 heavy (non-hydrogen) atoms. The minimum absolute atomic E-state index is 0.0454. The van der Waals surface area contributed by atoms with Crippen molar-refractivity contribution < 1.29 is 27.9 Å². The summed E-state index contributed by atoms with van der Waals surface area (Å²) in [7, 11) is -3.53. The van der Waals surface area contributed by atoms with Crippen LogP contribution in [0.15, 0.2) is 29.2 Å². The fourth-order valence-electron chi connectivity index (χ4n) is 2.98. The van der Waals surface area contributed by atoms with E-state index in [1.807, 2.05) is 0 Å². The molecule has 9 heteroatoms. The number of sulfonamides is 1. The Balaban J connectivity index is 2.03. The summed E-state index contributed by atoms with van der Waals surface area (Å²) in [5.41, 5.74) is -0.148. The average Bonchev–Trinajstić information content (AvgIpc) is 2.55. The number of nitrogens with one attached hydrogen (secondary N) is 2. The molecule has 0 saturated carbocycles. The third-order valence-electron chi connectivity index (χ3n) is 4.28. The lowest BCUT2D eigenvalue weighted by molar-refractivity contribution is -0.140. The first-order chi connectivity index (χ1) is 12.3. The maximum Gasteiger partial charge on any atom is 0.305 e. The van der Waals surface area contributed by atoms with Crippen LogP contribution in [-0.2, 0) is 30.8 Å². The maximum atomic E-state index is 12.4. The van der Waals surface area contributed by atoms with Gasteiger partial charge < -0.3 is 15.2 Å². The van der Waals surface area contributed by atoms with Crippen molar-refractivity contribution in [2.45, 2.75) is 43.0 Å². The fourth-order valence-corrected chi connectivity index (χ4v) is 4.02. The molecule has 0 atom stereocenters. The molecule has 8 nitrogen and oxygen atoms in total. The van der Waals surface area contributed by atoms with Crippen molar-refractivity contribution in [2.75, 3.05) is 19.8 Å². The molecule has 3 N–H and O–H groups in total. The molecule has 144 valence electrons. The van der Waals surface area contributed by atoms with Crippen LogP contribution in [0.5, 0.6) is 0 Å². The van der Waals surface area contributed by atoms with Gasteiger partial charge in [-0.25, -0.2) is 13.1 Å². The Bertz CT molecular complexity index is 739. The molecule has 0 spiro atoms. The molecule has 1 aliphatic rings. The van der Waals surface area contributed by atoms with Crippen LogP contribution in [0.3, 0.4) is 0 Å². The highest BCUT2D eigenvalue weighted by Gasteiger charge is 2.36. The van der Waals surface area contributed by atoms with Crippen LogP contribution in [0.2, 0.25) is 0 Å². The second kappa shape index (κ2) is 8.61. The molecule has 1 aromatic rings. The van der Waals surface area contributed by atoms with Gasteiger partial charge in [0.2, 0.25) is 15.9 Å². The number of carbonyl (C=O) groups excluding carboxylic acids is 1. The van der Waals surface area contributed by atoms with Crippen molar-refractivity contribution in [1.29, 1.82) is 0 Å². The van der Waals surface area contributed by atoms with Crippen molar-refractivity contribution in [3.8, 4) is 0 Å². The number of carbonyl (C=O) groups is 2. The zero-order valence-electron chi connectivity index (χ0n) is 14.7. The zero-order valence-corrected chi connectivity index (χ0v) is 15.5. The summed E-state index contributed by atoms with van der Waals surface area (Å²) in [5.74, 6) is -1.26. The largest absolute Gasteiger partial charge is 0.481 e. The van der Waals surface area contributed by atoms with Gasteiger partial charge in [-0.1, -0.05) is 19.1 Å². The lowest BCUT2D eigenvalue weighted by Crippen LogP contribution is -2.53. The van der Waals surface area contributed by atoms with E-state index in [4.69, 9.17) is 9.84 Å². The summed E-state index contributed by atoms with van der Waals surface area (Å²) in [6, 6.07) is 6.06. The van der Waals surface area contributed by atoms with E-state index in [-0.39, 0.29) is 23.6 Å². The lowest BCUT2D eigenvalue weighted by Gasteiger charge is -2.36. The number of amides is 1. The third-order valence-corrected chi connectivity index (χ3v) is 5.84. The van der Waals surface area contributed by atoms with Crippen LogP contribution in [0.1, 0.15) is 31.7 Å². The fraction of sp³-hybridized carbons (Fsp3) is 0.529. The summed E-state index contributed by atoms with van der Waals surface area (Å²) < 4.78 is 31.5. The first-order valence-corrected chi connectivity index (χ1v) is 9.94. The monoisotopic (exact) mass is 384 g/mol. The van der Waals surface area contributed by atoms with Crippen LogP contribution in [0.25, 0.3) is 0 Å². The SMILES string of the molecule is CCNS(=O)(=O)c1ccc(CC(=O)NC2(CC(=O)O)CCOCC2)cc1. The van der Waals surface area contributed by atoms with Crippen molar-refractivity contribution in [2.24, 2.45) is 0 Å². The highest BCUT2D eigenvalue weighted by Crippen LogP contribution is 2.25. The van der Waals surface area contributed by atoms with Gasteiger partial charge in [0.25, 0.3) is 0 Å². The Kier molecular flexibility index (Phi) is 6.74. The number of hydrogen-bond donors (Lipinski definition) is 3. The van der Waals surface area contributed by atoms with Gasteiger partial charge in [-0.3, -0.25) is 9.59 Å². The molecule has 1 amide bonds. The van der Waals surface area contributed by atoms with Crippen LogP contribution >= 0.6 is 0 Å². The Morgan fingerprint density at radius 2 is 1.81 bits per heavy atom. The van der Waals surface area contributed by atoms with Gasteiger partial charge in [0.1, 0.15) is 0 Å². The predicted molar refractivity (Wildman–Crippen MR) is 94.2 cm³/mol. The Morgan fingerprint density at radius 1 is 1.19 bits per heavy atom. The summed E-state index contributed by atoms with van der Waals surface area (Å²) in [6.07, 6.45) is 0.793. The molecule has 0 bridgehead atoms. The molecular formula is C17H24N2O6S. The molecule has 0 aromatic heterocycles. The van der Waals surface area contributed by atoms with E-state index in [1.54, 1.807) is 19.1 Å². The third kappa shape index (κ3) is 5.52. The second-order valence-corrected chi connectivity index (χ2v) is 8.10. The number of benzene rings is 1. The smallest absolute Gasteiger partial charge is 0.305 e. The van der Waals surface area contributed by atoms with Gasteiger partial charge in [-0.2, -0.15) is 0 Å². The van der Waals surface area contributed by atoms with E-state index in [0.29, 0.717) is 38.2 Å². The maximum absolute atomic E-state index is 12.4. The molecule has 2 rings (SSSR count). The first-order valence-electron chi connectivity index (χ1n) is 8.45. The summed E-state index contributed by atoms with van der Waals surface area (Å²) in [5, 5.41) is 12.0. The van der Waals surface area contributed by atoms with Gasteiger partial charge in [0.15, 0.2) is 0 Å². The highest BCUT2D eigenvalue weighted by atomic mass is 32.2. The minimum atomic E-state index is -3.53. The van der Waals surface area contributed by atoms with Crippen LogP contribution in [0, 0.1) is 0 Å². The van der Waals surface area contributed by atoms with Gasteiger partial charge in [-0.15, -0.1) is 0 Å². The quantitative estimate of drug-likeness (QED) is 0.605. The van der Waals surface area contributed by atoms with Crippen molar-refractivity contribution in [3.63, 3.8) is 0 Å². The van der Waals surface area contributed by atoms with Gasteiger partial charge in [-0.05, 0) is 30.5 Å². The highest BCUT2D eigenvalue weighted by molar-refractivity contribution is 7.89. The van der Waals surface area contributed by atoms with Crippen LogP contribution in [-0.4, -0.2) is 50.7 Å². The van der Waals surface area contributed by atoms with E-state index >= 15 is 0 Å².